The summed E-state index contributed by atoms with van der Waals surface area (Å²) < 4.78 is 5.42. The van der Waals surface area contributed by atoms with Crippen LogP contribution in [0.15, 0.2) is 36.0 Å². The van der Waals surface area contributed by atoms with Crippen LogP contribution in [0, 0.1) is 0 Å². The van der Waals surface area contributed by atoms with Gasteiger partial charge in [0.1, 0.15) is 5.75 Å². The summed E-state index contributed by atoms with van der Waals surface area (Å²) >= 11 is 1.68. The molecule has 1 unspecified atom stereocenters. The fourth-order valence-electron chi connectivity index (χ4n) is 1.98. The maximum Gasteiger partial charge on any atom is 0.123 e. The maximum atomic E-state index is 5.42. The van der Waals surface area contributed by atoms with Crippen molar-refractivity contribution in [1.82, 2.24) is 10.3 Å². The number of thiazole rings is 1. The van der Waals surface area contributed by atoms with E-state index in [4.69, 9.17) is 4.74 Å². The van der Waals surface area contributed by atoms with Gasteiger partial charge in [0.25, 0.3) is 0 Å². The third-order valence-electron chi connectivity index (χ3n) is 2.93. The topological polar surface area (TPSA) is 34.2 Å². The second kappa shape index (κ2) is 6.52. The number of para-hydroxylation sites is 1. The van der Waals surface area contributed by atoms with Crippen molar-refractivity contribution in [3.05, 3.63) is 46.4 Å². The summed E-state index contributed by atoms with van der Waals surface area (Å²) in [4.78, 5) is 5.34. The number of nitrogens with zero attached hydrogens (tertiary/aromatic N) is 1. The minimum absolute atomic E-state index is 0.309. The first kappa shape index (κ1) is 13.1. The van der Waals surface area contributed by atoms with Crippen LogP contribution in [0.5, 0.6) is 5.75 Å². The first-order chi connectivity index (χ1) is 8.85. The highest BCUT2D eigenvalue weighted by molar-refractivity contribution is 7.09. The highest BCUT2D eigenvalue weighted by Crippen LogP contribution is 2.27. The minimum Gasteiger partial charge on any atom is -0.496 e. The first-order valence-electron chi connectivity index (χ1n) is 6.08. The normalized spacial score (nSPS) is 12.3. The summed E-state index contributed by atoms with van der Waals surface area (Å²) in [6.45, 7) is 3.03. The van der Waals surface area contributed by atoms with E-state index in [1.54, 1.807) is 18.4 Å². The summed E-state index contributed by atoms with van der Waals surface area (Å²) in [6.07, 6.45) is 2.94. The molecule has 0 radical (unpaired) electrons. The summed E-state index contributed by atoms with van der Waals surface area (Å²) in [5, 5.41) is 3.55. The Morgan fingerprint density at radius 1 is 1.39 bits per heavy atom. The van der Waals surface area contributed by atoms with Crippen molar-refractivity contribution in [1.29, 1.82) is 0 Å². The van der Waals surface area contributed by atoms with Crippen LogP contribution in [0.2, 0.25) is 0 Å². The van der Waals surface area contributed by atoms with Gasteiger partial charge in [-0.25, -0.2) is 0 Å². The fourth-order valence-corrected chi connectivity index (χ4v) is 2.53. The van der Waals surface area contributed by atoms with E-state index < -0.39 is 0 Å². The lowest BCUT2D eigenvalue weighted by Gasteiger charge is -2.19. The summed E-state index contributed by atoms with van der Waals surface area (Å²) in [5.41, 5.74) is 3.08. The molecule has 3 nitrogen and oxygen atoms in total. The van der Waals surface area contributed by atoms with Gasteiger partial charge in [-0.05, 0) is 12.5 Å². The number of nitrogens with one attached hydrogen (secondary N) is 1. The molecular weight excluding hydrogens is 244 g/mol. The molecule has 0 saturated carbocycles. The largest absolute Gasteiger partial charge is 0.496 e. The molecule has 1 atom stereocenters. The molecule has 1 N–H and O–H groups in total. The molecule has 4 heteroatoms. The lowest BCUT2D eigenvalue weighted by molar-refractivity contribution is 0.396. The Morgan fingerprint density at radius 3 is 2.89 bits per heavy atom. The van der Waals surface area contributed by atoms with Crippen LogP contribution < -0.4 is 10.1 Å². The van der Waals surface area contributed by atoms with Crippen LogP contribution in [-0.2, 0) is 6.54 Å². The van der Waals surface area contributed by atoms with Gasteiger partial charge in [-0.3, -0.25) is 4.98 Å². The van der Waals surface area contributed by atoms with E-state index in [0.29, 0.717) is 6.04 Å². The SMILES string of the molecule is CCC(NCc1cncs1)c1ccccc1OC. The van der Waals surface area contributed by atoms with Crippen molar-refractivity contribution in [2.75, 3.05) is 7.11 Å². The lowest BCUT2D eigenvalue weighted by Crippen LogP contribution is -2.20. The molecule has 0 aliphatic heterocycles. The molecule has 1 aromatic heterocycles. The minimum atomic E-state index is 0.309. The van der Waals surface area contributed by atoms with Crippen LogP contribution in [0.25, 0.3) is 0 Å². The molecule has 1 aromatic carbocycles. The number of hydrogen-bond acceptors (Lipinski definition) is 4. The van der Waals surface area contributed by atoms with Crippen molar-refractivity contribution in [2.24, 2.45) is 0 Å². The van der Waals surface area contributed by atoms with E-state index in [1.165, 1.54) is 10.4 Å². The predicted octanol–water partition coefficient (Wildman–Crippen LogP) is 3.39. The van der Waals surface area contributed by atoms with Gasteiger partial charge in [0, 0.05) is 29.2 Å². The second-order valence-electron chi connectivity index (χ2n) is 4.05. The molecule has 96 valence electrons. The zero-order chi connectivity index (χ0) is 12.8. The molecule has 0 bridgehead atoms. The Labute approximate surface area is 112 Å². The third kappa shape index (κ3) is 3.09. The molecule has 2 aromatic rings. The maximum absolute atomic E-state index is 5.42. The van der Waals surface area contributed by atoms with Crippen LogP contribution in [0.4, 0.5) is 0 Å². The Balaban J connectivity index is 2.08. The highest BCUT2D eigenvalue weighted by Gasteiger charge is 2.13. The fraction of sp³-hybridized carbons (Fsp3) is 0.357. The Kier molecular flexibility index (Phi) is 4.73. The van der Waals surface area contributed by atoms with Crippen molar-refractivity contribution in [3.63, 3.8) is 0 Å². The number of benzene rings is 1. The molecule has 0 saturated heterocycles. The molecule has 0 aliphatic carbocycles. The van der Waals surface area contributed by atoms with Crippen LogP contribution in [0.3, 0.4) is 0 Å². The monoisotopic (exact) mass is 262 g/mol. The average molecular weight is 262 g/mol. The van der Waals surface area contributed by atoms with Crippen molar-refractivity contribution in [2.45, 2.75) is 25.9 Å². The zero-order valence-corrected chi connectivity index (χ0v) is 11.5. The molecule has 2 rings (SSSR count). The summed E-state index contributed by atoms with van der Waals surface area (Å²) in [7, 11) is 1.72. The van der Waals surface area contributed by atoms with Gasteiger partial charge in [-0.2, -0.15) is 0 Å². The van der Waals surface area contributed by atoms with Crippen molar-refractivity contribution >= 4 is 11.3 Å². The number of methoxy groups -OCH3 is 1. The first-order valence-corrected chi connectivity index (χ1v) is 6.96. The van der Waals surface area contributed by atoms with Crippen molar-refractivity contribution < 1.29 is 4.74 Å². The van der Waals surface area contributed by atoms with Gasteiger partial charge in [-0.15, -0.1) is 11.3 Å². The van der Waals surface area contributed by atoms with E-state index in [2.05, 4.69) is 29.4 Å². The number of hydrogen-bond donors (Lipinski definition) is 1. The zero-order valence-electron chi connectivity index (χ0n) is 10.7. The highest BCUT2D eigenvalue weighted by atomic mass is 32.1. The average Bonchev–Trinajstić information content (AvgIpc) is 2.93. The Bertz CT molecular complexity index is 470. The van der Waals surface area contributed by atoms with Crippen molar-refractivity contribution in [3.8, 4) is 5.75 Å². The Hall–Kier alpha value is -1.39. The molecule has 1 heterocycles. The summed E-state index contributed by atoms with van der Waals surface area (Å²) in [5.74, 6) is 0.946. The van der Waals surface area contributed by atoms with E-state index in [-0.39, 0.29) is 0 Å². The molecule has 0 aliphatic rings. The van der Waals surface area contributed by atoms with Gasteiger partial charge >= 0.3 is 0 Å². The van der Waals surface area contributed by atoms with Crippen LogP contribution >= 0.6 is 11.3 Å². The van der Waals surface area contributed by atoms with Gasteiger partial charge in [-0.1, -0.05) is 25.1 Å². The smallest absolute Gasteiger partial charge is 0.123 e. The van der Waals surface area contributed by atoms with E-state index in [9.17, 15) is 0 Å². The molecule has 0 amide bonds. The standard InChI is InChI=1S/C14H18N2OS/c1-3-13(16-9-11-8-15-10-18-11)12-6-4-5-7-14(12)17-2/h4-8,10,13,16H,3,9H2,1-2H3. The lowest BCUT2D eigenvalue weighted by atomic mass is 10.0. The van der Waals surface area contributed by atoms with Crippen LogP contribution in [-0.4, -0.2) is 12.1 Å². The third-order valence-corrected chi connectivity index (χ3v) is 3.71. The summed E-state index contributed by atoms with van der Waals surface area (Å²) in [6, 6.07) is 8.48. The molecule has 0 spiro atoms. The van der Waals surface area contributed by atoms with Gasteiger partial charge in [0.15, 0.2) is 0 Å². The number of rotatable bonds is 6. The van der Waals surface area contributed by atoms with Crippen LogP contribution in [0.1, 0.15) is 29.8 Å². The van der Waals surface area contributed by atoms with Gasteiger partial charge < -0.3 is 10.1 Å². The molecular formula is C14H18N2OS. The van der Waals surface area contributed by atoms with E-state index in [1.807, 2.05) is 23.8 Å². The number of aromatic nitrogens is 1. The molecule has 0 fully saturated rings. The quantitative estimate of drug-likeness (QED) is 0.866. The predicted molar refractivity (Wildman–Crippen MR) is 75.0 cm³/mol. The second-order valence-corrected chi connectivity index (χ2v) is 5.02. The van der Waals surface area contributed by atoms with Gasteiger partial charge in [0.2, 0.25) is 0 Å². The molecule has 18 heavy (non-hydrogen) atoms. The number of ether oxygens (including phenoxy) is 1. The van der Waals surface area contributed by atoms with E-state index in [0.717, 1.165) is 18.7 Å². The van der Waals surface area contributed by atoms with E-state index >= 15 is 0 Å². The Morgan fingerprint density at radius 2 is 2.22 bits per heavy atom. The van der Waals surface area contributed by atoms with Gasteiger partial charge in [0.05, 0.1) is 12.6 Å².